The number of methoxy groups -OCH3 is 1. The summed E-state index contributed by atoms with van der Waals surface area (Å²) in [5.41, 5.74) is 3.20. The number of carbonyl (C=O) groups excluding carboxylic acids is 1. The van der Waals surface area contributed by atoms with Gasteiger partial charge in [0.05, 0.1) is 7.11 Å². The van der Waals surface area contributed by atoms with Crippen LogP contribution in [0, 0.1) is 0 Å². The summed E-state index contributed by atoms with van der Waals surface area (Å²) >= 11 is 0. The smallest absolute Gasteiger partial charge is 0.248 e. The van der Waals surface area contributed by atoms with Crippen LogP contribution in [0.1, 0.15) is 5.56 Å². The average molecular weight is 343 g/mol. The summed E-state index contributed by atoms with van der Waals surface area (Å²) in [4.78, 5) is 12.3. The van der Waals surface area contributed by atoms with Crippen LogP contribution in [0.5, 0.6) is 5.75 Å². The summed E-state index contributed by atoms with van der Waals surface area (Å²) in [5, 5.41) is 4.90. The first-order chi connectivity index (χ1) is 12.7. The van der Waals surface area contributed by atoms with Crippen molar-refractivity contribution in [3.8, 4) is 5.75 Å². The van der Waals surface area contributed by atoms with Crippen LogP contribution >= 0.6 is 0 Å². The second kappa shape index (κ2) is 6.76. The highest BCUT2D eigenvalue weighted by Gasteiger charge is 2.08. The molecule has 4 aromatic rings. The van der Waals surface area contributed by atoms with Crippen molar-refractivity contribution in [2.75, 3.05) is 12.4 Å². The molecule has 26 heavy (non-hydrogen) atoms. The third kappa shape index (κ3) is 3.05. The van der Waals surface area contributed by atoms with Gasteiger partial charge >= 0.3 is 0 Å². The first-order valence-electron chi connectivity index (χ1n) is 8.28. The Balaban J connectivity index is 1.57. The highest BCUT2D eigenvalue weighted by Crippen LogP contribution is 2.30. The van der Waals surface area contributed by atoms with Crippen molar-refractivity contribution in [1.82, 2.24) is 0 Å². The van der Waals surface area contributed by atoms with Gasteiger partial charge in [-0.3, -0.25) is 4.79 Å². The minimum atomic E-state index is -0.206. The van der Waals surface area contributed by atoms with Crippen LogP contribution in [-0.2, 0) is 4.79 Å². The fraction of sp³-hybridized carbons (Fsp3) is 0.0455. The van der Waals surface area contributed by atoms with Crippen LogP contribution in [0.4, 0.5) is 5.69 Å². The van der Waals surface area contributed by atoms with Gasteiger partial charge in [0.15, 0.2) is 0 Å². The molecule has 1 heterocycles. The van der Waals surface area contributed by atoms with E-state index in [4.69, 9.17) is 9.15 Å². The molecule has 1 N–H and O–H groups in total. The molecule has 4 rings (SSSR count). The van der Waals surface area contributed by atoms with Crippen molar-refractivity contribution in [2.45, 2.75) is 0 Å². The Morgan fingerprint density at radius 1 is 0.962 bits per heavy atom. The molecule has 0 saturated carbocycles. The molecule has 0 bridgehead atoms. The van der Waals surface area contributed by atoms with Crippen molar-refractivity contribution in [1.29, 1.82) is 0 Å². The molecular weight excluding hydrogens is 326 g/mol. The maximum absolute atomic E-state index is 12.3. The number of para-hydroxylation sites is 2. The van der Waals surface area contributed by atoms with E-state index in [2.05, 4.69) is 5.32 Å². The molecule has 0 aliphatic heterocycles. The molecule has 4 nitrogen and oxygen atoms in total. The lowest BCUT2D eigenvalue weighted by molar-refractivity contribution is -0.111. The van der Waals surface area contributed by atoms with Crippen LogP contribution in [-0.4, -0.2) is 13.0 Å². The number of hydrogen-bond acceptors (Lipinski definition) is 3. The number of furan rings is 1. The number of ether oxygens (including phenoxy) is 1. The molecular formula is C22H17NO3. The number of hydrogen-bond donors (Lipinski definition) is 1. The van der Waals surface area contributed by atoms with Crippen molar-refractivity contribution in [3.63, 3.8) is 0 Å². The summed E-state index contributed by atoms with van der Waals surface area (Å²) in [5.74, 6) is 0.519. The lowest BCUT2D eigenvalue weighted by atomic mass is 10.1. The van der Waals surface area contributed by atoms with Crippen molar-refractivity contribution >= 4 is 39.6 Å². The van der Waals surface area contributed by atoms with E-state index in [-0.39, 0.29) is 5.91 Å². The number of fused-ring (bicyclic) bond motifs is 3. The topological polar surface area (TPSA) is 51.5 Å². The van der Waals surface area contributed by atoms with Gasteiger partial charge in [0.2, 0.25) is 5.91 Å². The summed E-state index contributed by atoms with van der Waals surface area (Å²) in [6.45, 7) is 0. The Morgan fingerprint density at radius 2 is 1.73 bits per heavy atom. The number of anilines is 1. The predicted molar refractivity (Wildman–Crippen MR) is 104 cm³/mol. The zero-order valence-electron chi connectivity index (χ0n) is 14.2. The number of rotatable bonds is 4. The molecule has 0 atom stereocenters. The predicted octanol–water partition coefficient (Wildman–Crippen LogP) is 5.25. The Kier molecular flexibility index (Phi) is 4.15. The first kappa shape index (κ1) is 16.0. The van der Waals surface area contributed by atoms with Crippen LogP contribution in [0.15, 0.2) is 77.2 Å². The first-order valence-corrected chi connectivity index (χ1v) is 8.28. The molecule has 0 saturated heterocycles. The Morgan fingerprint density at radius 3 is 2.62 bits per heavy atom. The largest absolute Gasteiger partial charge is 0.496 e. The molecule has 0 aliphatic carbocycles. The number of nitrogens with one attached hydrogen (secondary N) is 1. The molecule has 0 radical (unpaired) electrons. The molecule has 128 valence electrons. The average Bonchev–Trinajstić information content (AvgIpc) is 3.04. The second-order valence-corrected chi connectivity index (χ2v) is 5.87. The number of amides is 1. The summed E-state index contributed by atoms with van der Waals surface area (Å²) < 4.78 is 11.1. The monoisotopic (exact) mass is 343 g/mol. The van der Waals surface area contributed by atoms with Crippen molar-refractivity contribution < 1.29 is 13.9 Å². The van der Waals surface area contributed by atoms with Gasteiger partial charge in [-0.2, -0.15) is 0 Å². The molecule has 0 fully saturated rings. The number of carbonyl (C=O) groups is 1. The summed E-state index contributed by atoms with van der Waals surface area (Å²) in [6.07, 6.45) is 3.23. The van der Waals surface area contributed by atoms with Crippen LogP contribution in [0.3, 0.4) is 0 Å². The minimum absolute atomic E-state index is 0.206. The van der Waals surface area contributed by atoms with Gasteiger partial charge in [0.1, 0.15) is 16.9 Å². The summed E-state index contributed by atoms with van der Waals surface area (Å²) in [6, 6.07) is 21.0. The van der Waals surface area contributed by atoms with Crippen LogP contribution in [0.2, 0.25) is 0 Å². The van der Waals surface area contributed by atoms with Gasteiger partial charge in [-0.05, 0) is 36.4 Å². The Labute approximate surface area is 150 Å². The molecule has 1 aromatic heterocycles. The molecule has 0 unspecified atom stereocenters. The molecule has 3 aromatic carbocycles. The SMILES string of the molecule is COc1ccccc1/C=C/C(=O)Nc1ccc2oc3ccccc3c2c1. The van der Waals surface area contributed by atoms with E-state index in [1.807, 2.05) is 66.7 Å². The lowest BCUT2D eigenvalue weighted by Crippen LogP contribution is -2.07. The normalized spacial score (nSPS) is 11.3. The standard InChI is InChI=1S/C22H17NO3/c1-25-19-8-4-2-6-15(19)10-13-22(24)23-16-11-12-21-18(14-16)17-7-3-5-9-20(17)26-21/h2-14H,1H3,(H,23,24)/b13-10+. The Bertz CT molecular complexity index is 1120. The molecule has 0 aliphatic rings. The second-order valence-electron chi connectivity index (χ2n) is 5.87. The molecule has 0 spiro atoms. The van der Waals surface area contributed by atoms with E-state index in [0.717, 1.165) is 38.9 Å². The fourth-order valence-electron chi connectivity index (χ4n) is 2.96. The van der Waals surface area contributed by atoms with E-state index in [9.17, 15) is 4.79 Å². The van der Waals surface area contributed by atoms with Gasteiger partial charge in [-0.1, -0.05) is 36.4 Å². The van der Waals surface area contributed by atoms with Crippen molar-refractivity contribution in [2.24, 2.45) is 0 Å². The zero-order chi connectivity index (χ0) is 17.9. The highest BCUT2D eigenvalue weighted by molar-refractivity contribution is 6.08. The quantitative estimate of drug-likeness (QED) is 0.515. The maximum Gasteiger partial charge on any atom is 0.248 e. The minimum Gasteiger partial charge on any atom is -0.496 e. The van der Waals surface area contributed by atoms with E-state index in [1.54, 1.807) is 13.2 Å². The highest BCUT2D eigenvalue weighted by atomic mass is 16.5. The molecule has 4 heteroatoms. The van der Waals surface area contributed by atoms with E-state index in [0.29, 0.717) is 0 Å². The fourth-order valence-corrected chi connectivity index (χ4v) is 2.96. The van der Waals surface area contributed by atoms with Crippen LogP contribution in [0.25, 0.3) is 28.0 Å². The zero-order valence-corrected chi connectivity index (χ0v) is 14.2. The van der Waals surface area contributed by atoms with Gasteiger partial charge in [-0.15, -0.1) is 0 Å². The van der Waals surface area contributed by atoms with E-state index in [1.165, 1.54) is 6.08 Å². The Hall–Kier alpha value is -3.53. The van der Waals surface area contributed by atoms with Crippen molar-refractivity contribution in [3.05, 3.63) is 78.4 Å². The third-order valence-corrected chi connectivity index (χ3v) is 4.20. The van der Waals surface area contributed by atoms with E-state index < -0.39 is 0 Å². The molecule has 1 amide bonds. The lowest BCUT2D eigenvalue weighted by Gasteiger charge is -2.04. The number of benzene rings is 3. The van der Waals surface area contributed by atoms with Gasteiger partial charge in [-0.25, -0.2) is 0 Å². The maximum atomic E-state index is 12.3. The van der Waals surface area contributed by atoms with Gasteiger partial charge in [0, 0.05) is 28.1 Å². The third-order valence-electron chi connectivity index (χ3n) is 4.20. The van der Waals surface area contributed by atoms with E-state index >= 15 is 0 Å². The van der Waals surface area contributed by atoms with Gasteiger partial charge in [0.25, 0.3) is 0 Å². The van der Waals surface area contributed by atoms with Crippen LogP contribution < -0.4 is 10.1 Å². The van der Waals surface area contributed by atoms with Gasteiger partial charge < -0.3 is 14.5 Å². The summed E-state index contributed by atoms with van der Waals surface area (Å²) in [7, 11) is 1.61.